The van der Waals surface area contributed by atoms with Crippen LogP contribution in [0.5, 0.6) is 5.75 Å². The number of nitrogens with one attached hydrogen (secondary N) is 1. The third-order valence-electron chi connectivity index (χ3n) is 2.22. The van der Waals surface area contributed by atoms with Gasteiger partial charge >= 0.3 is 0 Å². The highest BCUT2D eigenvalue weighted by atomic mass is 35.5. The van der Waals surface area contributed by atoms with Crippen molar-refractivity contribution in [1.82, 2.24) is 5.32 Å². The van der Waals surface area contributed by atoms with Crippen molar-refractivity contribution in [2.45, 2.75) is 19.9 Å². The van der Waals surface area contributed by atoms with Gasteiger partial charge in [0.25, 0.3) is 0 Å². The second kappa shape index (κ2) is 7.59. The lowest BCUT2D eigenvalue weighted by Crippen LogP contribution is -2.13. The minimum Gasteiger partial charge on any atom is -0.491 e. The Kier molecular flexibility index (Phi) is 6.41. The van der Waals surface area contributed by atoms with E-state index >= 15 is 0 Å². The smallest absolute Gasteiger partial charge is 0.142 e. The topological polar surface area (TPSA) is 21.3 Å². The standard InChI is InChI=1S/C13H17Cl2NO/c1-3-5-6-17-13-10(9-16-4-2)7-11(14)8-12(13)15/h3,7-8,16H,1,4-6,9H2,2H3. The van der Waals surface area contributed by atoms with Crippen LogP contribution < -0.4 is 10.1 Å². The lowest BCUT2D eigenvalue weighted by molar-refractivity contribution is 0.321. The molecule has 2 nitrogen and oxygen atoms in total. The van der Waals surface area contributed by atoms with Gasteiger partial charge in [-0.15, -0.1) is 6.58 Å². The fourth-order valence-electron chi connectivity index (χ4n) is 1.41. The van der Waals surface area contributed by atoms with Crippen molar-refractivity contribution >= 4 is 23.2 Å². The molecule has 0 unspecified atom stereocenters. The number of halogens is 2. The van der Waals surface area contributed by atoms with E-state index in [4.69, 9.17) is 27.9 Å². The summed E-state index contributed by atoms with van der Waals surface area (Å²) in [5, 5.41) is 4.41. The maximum Gasteiger partial charge on any atom is 0.142 e. The molecule has 0 heterocycles. The summed E-state index contributed by atoms with van der Waals surface area (Å²) in [5.41, 5.74) is 0.980. The lowest BCUT2D eigenvalue weighted by Gasteiger charge is -2.13. The van der Waals surface area contributed by atoms with E-state index in [-0.39, 0.29) is 0 Å². The first-order valence-corrected chi connectivity index (χ1v) is 6.37. The molecule has 0 bridgehead atoms. The summed E-state index contributed by atoms with van der Waals surface area (Å²) in [6.45, 7) is 7.85. The molecule has 0 saturated heterocycles. The molecule has 17 heavy (non-hydrogen) atoms. The minimum atomic E-state index is 0.550. The first-order valence-electron chi connectivity index (χ1n) is 5.61. The normalized spacial score (nSPS) is 10.3. The molecule has 0 amide bonds. The van der Waals surface area contributed by atoms with E-state index in [1.807, 2.05) is 19.1 Å². The van der Waals surface area contributed by atoms with Crippen LogP contribution in [0.15, 0.2) is 24.8 Å². The van der Waals surface area contributed by atoms with Crippen LogP contribution >= 0.6 is 23.2 Å². The number of ether oxygens (including phenoxy) is 1. The molecule has 0 aliphatic heterocycles. The van der Waals surface area contributed by atoms with Gasteiger partial charge in [-0.1, -0.05) is 36.2 Å². The average Bonchev–Trinajstić information content (AvgIpc) is 2.29. The molecule has 1 N–H and O–H groups in total. The van der Waals surface area contributed by atoms with Crippen molar-refractivity contribution in [3.8, 4) is 5.75 Å². The molecule has 0 saturated carbocycles. The van der Waals surface area contributed by atoms with E-state index in [9.17, 15) is 0 Å². The first kappa shape index (κ1) is 14.4. The molecule has 1 rings (SSSR count). The monoisotopic (exact) mass is 273 g/mol. The van der Waals surface area contributed by atoms with Gasteiger partial charge < -0.3 is 10.1 Å². The summed E-state index contributed by atoms with van der Waals surface area (Å²) in [4.78, 5) is 0. The van der Waals surface area contributed by atoms with Crippen LogP contribution in [0.3, 0.4) is 0 Å². The molecule has 1 aromatic rings. The van der Waals surface area contributed by atoms with Crippen LogP contribution in [0.1, 0.15) is 18.9 Å². The molecule has 94 valence electrons. The molecule has 4 heteroatoms. The fourth-order valence-corrected chi connectivity index (χ4v) is 2.00. The van der Waals surface area contributed by atoms with E-state index < -0.39 is 0 Å². The maximum absolute atomic E-state index is 6.13. The largest absolute Gasteiger partial charge is 0.491 e. The second-order valence-corrected chi connectivity index (χ2v) is 4.43. The minimum absolute atomic E-state index is 0.550. The molecule has 0 aromatic heterocycles. The molecule has 0 radical (unpaired) electrons. The average molecular weight is 274 g/mol. The summed E-state index contributed by atoms with van der Waals surface area (Å²) in [6.07, 6.45) is 2.60. The van der Waals surface area contributed by atoms with Crippen molar-refractivity contribution in [2.75, 3.05) is 13.2 Å². The van der Waals surface area contributed by atoms with Crippen LogP contribution in [0.25, 0.3) is 0 Å². The first-order chi connectivity index (χ1) is 8.19. The third kappa shape index (κ3) is 4.58. The zero-order chi connectivity index (χ0) is 12.7. The summed E-state index contributed by atoms with van der Waals surface area (Å²) in [5.74, 6) is 0.707. The van der Waals surface area contributed by atoms with Crippen molar-refractivity contribution in [3.63, 3.8) is 0 Å². The highest BCUT2D eigenvalue weighted by Gasteiger charge is 2.10. The Balaban J connectivity index is 2.85. The zero-order valence-corrected chi connectivity index (χ0v) is 11.4. The molecule has 0 fully saturated rings. The van der Waals surface area contributed by atoms with Crippen molar-refractivity contribution < 1.29 is 4.74 Å². The van der Waals surface area contributed by atoms with E-state index in [1.54, 1.807) is 6.07 Å². The van der Waals surface area contributed by atoms with Gasteiger partial charge in [-0.25, -0.2) is 0 Å². The van der Waals surface area contributed by atoms with Crippen molar-refractivity contribution in [1.29, 1.82) is 0 Å². The van der Waals surface area contributed by atoms with Crippen molar-refractivity contribution in [3.05, 3.63) is 40.4 Å². The molecule has 0 aliphatic carbocycles. The van der Waals surface area contributed by atoms with Gasteiger partial charge in [-0.05, 0) is 25.1 Å². The summed E-state index contributed by atoms with van der Waals surface area (Å²) in [7, 11) is 0. The fraction of sp³-hybridized carbons (Fsp3) is 0.385. The van der Waals surface area contributed by atoms with Gasteiger partial charge in [0.05, 0.1) is 11.6 Å². The Labute approximate surface area is 113 Å². The van der Waals surface area contributed by atoms with Crippen LogP contribution in [0, 0.1) is 0 Å². The third-order valence-corrected chi connectivity index (χ3v) is 2.72. The van der Waals surface area contributed by atoms with E-state index in [1.165, 1.54) is 0 Å². The van der Waals surface area contributed by atoms with Crippen LogP contribution in [0.2, 0.25) is 10.0 Å². The molecule has 0 aliphatic rings. The van der Waals surface area contributed by atoms with Gasteiger partial charge in [0.15, 0.2) is 0 Å². The van der Waals surface area contributed by atoms with Gasteiger partial charge in [-0.3, -0.25) is 0 Å². The number of rotatable bonds is 7. The molecule has 0 atom stereocenters. The van der Waals surface area contributed by atoms with Gasteiger partial charge in [0.2, 0.25) is 0 Å². The Morgan fingerprint density at radius 1 is 1.41 bits per heavy atom. The zero-order valence-electron chi connectivity index (χ0n) is 9.93. The lowest BCUT2D eigenvalue weighted by atomic mass is 10.2. The van der Waals surface area contributed by atoms with E-state index in [0.29, 0.717) is 28.9 Å². The van der Waals surface area contributed by atoms with Gasteiger partial charge in [0, 0.05) is 17.1 Å². The Morgan fingerprint density at radius 2 is 2.18 bits per heavy atom. The molecule has 1 aromatic carbocycles. The van der Waals surface area contributed by atoms with Crippen LogP contribution in [-0.4, -0.2) is 13.2 Å². The number of hydrogen-bond acceptors (Lipinski definition) is 2. The van der Waals surface area contributed by atoms with Crippen molar-refractivity contribution in [2.24, 2.45) is 0 Å². The van der Waals surface area contributed by atoms with E-state index in [2.05, 4.69) is 11.9 Å². The molecular formula is C13H17Cl2NO. The Bertz CT molecular complexity index is 380. The highest BCUT2D eigenvalue weighted by Crippen LogP contribution is 2.32. The maximum atomic E-state index is 6.13. The van der Waals surface area contributed by atoms with Crippen LogP contribution in [-0.2, 0) is 6.54 Å². The van der Waals surface area contributed by atoms with Gasteiger partial charge in [0.1, 0.15) is 5.75 Å². The predicted octanol–water partition coefficient (Wildman–Crippen LogP) is 4.06. The second-order valence-electron chi connectivity index (χ2n) is 3.58. The number of hydrogen-bond donors (Lipinski definition) is 1. The van der Waals surface area contributed by atoms with E-state index in [0.717, 1.165) is 18.5 Å². The van der Waals surface area contributed by atoms with Gasteiger partial charge in [-0.2, -0.15) is 0 Å². The van der Waals surface area contributed by atoms with Crippen LogP contribution in [0.4, 0.5) is 0 Å². The molecular weight excluding hydrogens is 257 g/mol. The molecule has 0 spiro atoms. The Morgan fingerprint density at radius 3 is 2.82 bits per heavy atom. The Hall–Kier alpha value is -0.700. The summed E-state index contributed by atoms with van der Waals surface area (Å²) < 4.78 is 5.66. The SMILES string of the molecule is C=CCCOc1c(Cl)cc(Cl)cc1CNCC. The summed E-state index contributed by atoms with van der Waals surface area (Å²) in [6, 6.07) is 3.57. The predicted molar refractivity (Wildman–Crippen MR) is 74.2 cm³/mol. The quantitative estimate of drug-likeness (QED) is 0.598. The highest BCUT2D eigenvalue weighted by molar-refractivity contribution is 6.35. The number of benzene rings is 1. The summed E-state index contributed by atoms with van der Waals surface area (Å²) >= 11 is 12.1.